The first-order valence-electron chi connectivity index (χ1n) is 10.8. The summed E-state index contributed by atoms with van der Waals surface area (Å²) in [5.74, 6) is 0.327. The molecular weight excluding hydrogens is 517 g/mol. The molecule has 9 heteroatoms. The van der Waals surface area contributed by atoms with Gasteiger partial charge in [-0.15, -0.1) is 10.2 Å². The molecule has 6 nitrogen and oxygen atoms in total. The van der Waals surface area contributed by atoms with Gasteiger partial charge in [-0.25, -0.2) is 18.6 Å². The van der Waals surface area contributed by atoms with Gasteiger partial charge in [0.25, 0.3) is 0 Å². The summed E-state index contributed by atoms with van der Waals surface area (Å²) in [6, 6.07) is 41.9. The lowest BCUT2D eigenvalue weighted by Gasteiger charge is -2.29. The molecule has 0 spiro atoms. The van der Waals surface area contributed by atoms with Crippen LogP contribution in [0.5, 0.6) is 0 Å². The van der Waals surface area contributed by atoms with Crippen LogP contribution >= 0.6 is 19.5 Å². The zero-order valence-corrected chi connectivity index (χ0v) is 21.3. The van der Waals surface area contributed by atoms with E-state index in [-0.39, 0.29) is 5.78 Å². The molecule has 182 valence electrons. The van der Waals surface area contributed by atoms with E-state index in [9.17, 15) is 0 Å². The van der Waals surface area contributed by atoms with Gasteiger partial charge in [0.15, 0.2) is 0 Å². The topological polar surface area (TPSA) is 114 Å². The van der Waals surface area contributed by atoms with Crippen LogP contribution in [0.2, 0.25) is 0 Å². The SMILES string of the molecule is S=C1OC(c2ccccc2)=NC1[P+](c1ccccc1)(c1ccccc1)c1ccccc1.[O-][Cl+3]([O-])([O-])[O-]. The van der Waals surface area contributed by atoms with Gasteiger partial charge in [-0.3, -0.25) is 0 Å². The third-order valence-electron chi connectivity index (χ3n) is 5.53. The number of thiocarbonyl (C=S) groups is 1. The quantitative estimate of drug-likeness (QED) is 0.268. The molecule has 0 saturated carbocycles. The van der Waals surface area contributed by atoms with Gasteiger partial charge in [-0.1, -0.05) is 72.8 Å². The minimum absolute atomic E-state index is 0.273. The van der Waals surface area contributed by atoms with E-state index in [4.69, 9.17) is 40.6 Å². The van der Waals surface area contributed by atoms with E-state index in [0.717, 1.165) is 5.56 Å². The van der Waals surface area contributed by atoms with Gasteiger partial charge in [0.05, 0.1) is 0 Å². The highest BCUT2D eigenvalue weighted by atomic mass is 35.7. The minimum atomic E-state index is -4.94. The van der Waals surface area contributed by atoms with Crippen LogP contribution in [0.1, 0.15) is 5.56 Å². The standard InChI is InChI=1S/C27H21NOPS.ClHO4/c31-27-26(28-25(29-27)21-13-5-1-6-14-21)30(22-15-7-2-8-16-22,23-17-9-3-10-18-23)24-19-11-4-12-20-24;2-1(3,4)5/h1-20,26H;(H,2,3,4,5)/q+1;/p-1. The molecule has 5 rings (SSSR count). The Hall–Kier alpha value is -3.00. The first kappa shape index (κ1) is 26.1. The monoisotopic (exact) mass is 537 g/mol. The fraction of sp³-hybridized carbons (Fsp3) is 0.0370. The van der Waals surface area contributed by atoms with Crippen molar-refractivity contribution < 1.29 is 33.6 Å². The molecule has 0 fully saturated rings. The van der Waals surface area contributed by atoms with Crippen molar-refractivity contribution in [3.05, 3.63) is 127 Å². The average Bonchev–Trinajstić information content (AvgIpc) is 3.28. The second-order valence-corrected chi connectivity index (χ2v) is 12.3. The first-order valence-corrected chi connectivity index (χ1v) is 14.3. The summed E-state index contributed by atoms with van der Waals surface area (Å²) in [6.45, 7) is 0. The van der Waals surface area contributed by atoms with Gasteiger partial charge in [0, 0.05) is 5.56 Å². The van der Waals surface area contributed by atoms with E-state index < -0.39 is 17.5 Å². The number of benzene rings is 4. The number of hydrogen-bond donors (Lipinski definition) is 0. The summed E-state index contributed by atoms with van der Waals surface area (Å²) in [7, 11) is -7.21. The zero-order chi connectivity index (χ0) is 25.6. The van der Waals surface area contributed by atoms with Crippen molar-refractivity contribution in [2.75, 3.05) is 0 Å². The molecule has 0 aliphatic carbocycles. The molecule has 0 aromatic heterocycles. The molecule has 1 unspecified atom stereocenters. The Morgan fingerprint density at radius 2 is 0.944 bits per heavy atom. The van der Waals surface area contributed by atoms with Crippen molar-refractivity contribution in [3.63, 3.8) is 0 Å². The van der Waals surface area contributed by atoms with Crippen LogP contribution in [0.25, 0.3) is 0 Å². The summed E-state index contributed by atoms with van der Waals surface area (Å²) in [5, 5.41) is 4.24. The fourth-order valence-electron chi connectivity index (χ4n) is 4.16. The van der Waals surface area contributed by atoms with Gasteiger partial charge in [0.1, 0.15) is 23.2 Å². The van der Waals surface area contributed by atoms with Crippen LogP contribution in [0, 0.1) is 10.2 Å². The fourth-order valence-corrected chi connectivity index (χ4v) is 9.08. The van der Waals surface area contributed by atoms with Crippen molar-refractivity contribution in [2.24, 2.45) is 4.99 Å². The van der Waals surface area contributed by atoms with Crippen LogP contribution in [0.3, 0.4) is 0 Å². The Kier molecular flexibility index (Phi) is 8.24. The lowest BCUT2D eigenvalue weighted by Crippen LogP contribution is -2.68. The van der Waals surface area contributed by atoms with Gasteiger partial charge < -0.3 is 4.74 Å². The molecule has 0 bridgehead atoms. The largest absolute Gasteiger partial charge is 0.425 e. The average molecular weight is 538 g/mol. The van der Waals surface area contributed by atoms with Gasteiger partial charge >= 0.3 is 0 Å². The Labute approximate surface area is 217 Å². The molecule has 0 radical (unpaired) electrons. The van der Waals surface area contributed by atoms with E-state index in [0.29, 0.717) is 10.9 Å². The van der Waals surface area contributed by atoms with Crippen LogP contribution in [-0.4, -0.2) is 16.7 Å². The van der Waals surface area contributed by atoms with E-state index >= 15 is 0 Å². The maximum absolute atomic E-state index is 8.49. The maximum atomic E-state index is 8.49. The molecule has 0 saturated heterocycles. The van der Waals surface area contributed by atoms with Crippen LogP contribution < -0.4 is 34.5 Å². The number of rotatable bonds is 5. The molecule has 36 heavy (non-hydrogen) atoms. The minimum Gasteiger partial charge on any atom is -0.425 e. The van der Waals surface area contributed by atoms with E-state index in [1.165, 1.54) is 15.9 Å². The third-order valence-corrected chi connectivity index (χ3v) is 10.4. The lowest BCUT2D eigenvalue weighted by atomic mass is 10.2. The van der Waals surface area contributed by atoms with Gasteiger partial charge in [-0.2, -0.15) is 4.99 Å². The summed E-state index contributed by atoms with van der Waals surface area (Å²) in [5.41, 5.74) is 0.944. The molecule has 1 aliphatic rings. The van der Waals surface area contributed by atoms with Gasteiger partial charge in [0.2, 0.25) is 16.7 Å². The van der Waals surface area contributed by atoms with Crippen molar-refractivity contribution in [1.82, 2.24) is 0 Å². The second-order valence-electron chi connectivity index (χ2n) is 7.70. The highest BCUT2D eigenvalue weighted by Crippen LogP contribution is 2.61. The summed E-state index contributed by atoms with van der Waals surface area (Å²) < 4.78 is 40.1. The predicted molar refractivity (Wildman–Crippen MR) is 136 cm³/mol. The van der Waals surface area contributed by atoms with Crippen LogP contribution in [0.4, 0.5) is 0 Å². The van der Waals surface area contributed by atoms with Crippen molar-refractivity contribution >= 4 is 46.3 Å². The highest BCUT2D eigenvalue weighted by molar-refractivity contribution is 7.98. The molecule has 0 amide bonds. The number of nitrogens with zero attached hydrogens (tertiary/aromatic N) is 1. The molecule has 0 N–H and O–H groups in total. The Balaban J connectivity index is 0.000000556. The van der Waals surface area contributed by atoms with Crippen LogP contribution in [0.15, 0.2) is 126 Å². The zero-order valence-electron chi connectivity index (χ0n) is 18.8. The molecule has 1 aliphatic heterocycles. The summed E-state index contributed by atoms with van der Waals surface area (Å²) >= 11 is 5.86. The van der Waals surface area contributed by atoms with Crippen molar-refractivity contribution in [2.45, 2.75) is 5.78 Å². The van der Waals surface area contributed by atoms with Crippen molar-refractivity contribution in [1.29, 1.82) is 0 Å². The highest BCUT2D eigenvalue weighted by Gasteiger charge is 2.57. The number of halogens is 1. The Bertz CT molecular complexity index is 1220. The number of ether oxygens (including phenoxy) is 1. The summed E-state index contributed by atoms with van der Waals surface area (Å²) in [4.78, 5) is 5.14. The van der Waals surface area contributed by atoms with Crippen LogP contribution in [-0.2, 0) is 4.74 Å². The molecule has 1 heterocycles. The maximum Gasteiger partial charge on any atom is 0.243 e. The normalized spacial score (nSPS) is 15.4. The lowest BCUT2D eigenvalue weighted by molar-refractivity contribution is -2.00. The number of aliphatic imine (C=N–C) groups is 1. The Morgan fingerprint density at radius 1 is 0.611 bits per heavy atom. The van der Waals surface area contributed by atoms with E-state index in [1.807, 2.05) is 30.3 Å². The van der Waals surface area contributed by atoms with Gasteiger partial charge in [-0.05, 0) is 60.7 Å². The summed E-state index contributed by atoms with van der Waals surface area (Å²) in [6.07, 6.45) is 0. The molecule has 1 atom stereocenters. The Morgan fingerprint density at radius 3 is 1.31 bits per heavy atom. The molecule has 4 aromatic rings. The third kappa shape index (κ3) is 5.86. The smallest absolute Gasteiger partial charge is 0.243 e. The van der Waals surface area contributed by atoms with Crippen molar-refractivity contribution in [3.8, 4) is 0 Å². The number of hydrogen-bond acceptors (Lipinski definition) is 7. The molecule has 4 aromatic carbocycles. The van der Waals surface area contributed by atoms with E-state index in [1.54, 1.807) is 0 Å². The first-order chi connectivity index (χ1) is 17.3. The second kappa shape index (κ2) is 11.4. The molecular formula is C27H21ClNO5PS. The predicted octanol–water partition coefficient (Wildman–Crippen LogP) is 0.355. The van der Waals surface area contributed by atoms with E-state index in [2.05, 4.69) is 91.0 Å².